The Hall–Kier alpha value is -1.85. The first-order valence-electron chi connectivity index (χ1n) is 7.75. The molecule has 1 aliphatic rings. The normalized spacial score (nSPS) is 13.2. The number of halogens is 1. The molecule has 0 atom stereocenters. The number of hydrogen-bond acceptors (Lipinski definition) is 4. The van der Waals surface area contributed by atoms with Crippen LogP contribution in [0.2, 0.25) is 5.02 Å². The summed E-state index contributed by atoms with van der Waals surface area (Å²) in [5.41, 5.74) is 0.891. The van der Waals surface area contributed by atoms with E-state index >= 15 is 0 Å². The molecule has 1 heterocycles. The molecule has 126 valence electrons. The fourth-order valence-corrected chi connectivity index (χ4v) is 3.34. The van der Waals surface area contributed by atoms with Crippen LogP contribution in [0.25, 0.3) is 0 Å². The molecule has 3 rings (SSSR count). The standard InChI is InChI=1S/C18H18ClNO3S/c19-15-9-13(10-16-18(15)23-8-4-7-22-16)11-20-17(21)12-24-14-5-2-1-3-6-14/h1-3,5-6,9-10H,4,7-8,11-12H2,(H,20,21). The van der Waals surface area contributed by atoms with E-state index in [1.165, 1.54) is 11.8 Å². The number of ether oxygens (including phenoxy) is 2. The molecule has 0 saturated heterocycles. The Kier molecular flexibility index (Phi) is 5.88. The zero-order valence-corrected chi connectivity index (χ0v) is 14.7. The van der Waals surface area contributed by atoms with Crippen molar-refractivity contribution in [3.8, 4) is 11.5 Å². The van der Waals surface area contributed by atoms with E-state index in [-0.39, 0.29) is 5.91 Å². The number of nitrogens with one attached hydrogen (secondary N) is 1. The first kappa shape index (κ1) is 17.0. The van der Waals surface area contributed by atoms with Gasteiger partial charge in [-0.3, -0.25) is 4.79 Å². The third-order valence-electron chi connectivity index (χ3n) is 3.46. The van der Waals surface area contributed by atoms with Crippen molar-refractivity contribution in [2.24, 2.45) is 0 Å². The maximum Gasteiger partial charge on any atom is 0.230 e. The van der Waals surface area contributed by atoms with Crippen molar-refractivity contribution in [2.45, 2.75) is 17.9 Å². The molecule has 1 N–H and O–H groups in total. The van der Waals surface area contributed by atoms with Gasteiger partial charge in [0, 0.05) is 17.9 Å². The summed E-state index contributed by atoms with van der Waals surface area (Å²) in [7, 11) is 0. The molecule has 4 nitrogen and oxygen atoms in total. The van der Waals surface area contributed by atoms with Crippen LogP contribution in [-0.2, 0) is 11.3 Å². The molecule has 24 heavy (non-hydrogen) atoms. The van der Waals surface area contributed by atoms with E-state index in [0.717, 1.165) is 16.9 Å². The molecule has 0 radical (unpaired) electrons. The van der Waals surface area contributed by atoms with E-state index in [4.69, 9.17) is 21.1 Å². The van der Waals surface area contributed by atoms with Crippen LogP contribution in [0.1, 0.15) is 12.0 Å². The molecule has 0 spiro atoms. The third kappa shape index (κ3) is 4.58. The Morgan fingerprint density at radius 1 is 1.17 bits per heavy atom. The molecule has 0 fully saturated rings. The molecule has 0 unspecified atom stereocenters. The summed E-state index contributed by atoms with van der Waals surface area (Å²) in [6, 6.07) is 13.5. The zero-order chi connectivity index (χ0) is 16.8. The van der Waals surface area contributed by atoms with Gasteiger partial charge in [0.15, 0.2) is 11.5 Å². The van der Waals surface area contributed by atoms with Gasteiger partial charge in [-0.25, -0.2) is 0 Å². The van der Waals surface area contributed by atoms with Crippen LogP contribution in [-0.4, -0.2) is 24.9 Å². The van der Waals surface area contributed by atoms with E-state index in [9.17, 15) is 4.79 Å². The van der Waals surface area contributed by atoms with Gasteiger partial charge in [0.2, 0.25) is 5.91 Å². The lowest BCUT2D eigenvalue weighted by Crippen LogP contribution is -2.24. The van der Waals surface area contributed by atoms with Gasteiger partial charge in [0.1, 0.15) is 0 Å². The monoisotopic (exact) mass is 363 g/mol. The number of benzene rings is 2. The van der Waals surface area contributed by atoms with E-state index in [2.05, 4.69) is 5.32 Å². The van der Waals surface area contributed by atoms with Crippen molar-refractivity contribution in [1.29, 1.82) is 0 Å². The fourth-order valence-electron chi connectivity index (χ4n) is 2.30. The van der Waals surface area contributed by atoms with Crippen molar-refractivity contribution in [3.05, 3.63) is 53.1 Å². The second-order valence-electron chi connectivity index (χ2n) is 5.33. The van der Waals surface area contributed by atoms with E-state index in [1.54, 1.807) is 6.07 Å². The molecule has 0 bridgehead atoms. The maximum absolute atomic E-state index is 12.0. The summed E-state index contributed by atoms with van der Waals surface area (Å²) in [6.07, 6.45) is 0.827. The highest BCUT2D eigenvalue weighted by molar-refractivity contribution is 8.00. The van der Waals surface area contributed by atoms with Crippen LogP contribution in [0.4, 0.5) is 0 Å². The summed E-state index contributed by atoms with van der Waals surface area (Å²) in [5, 5.41) is 3.42. The lowest BCUT2D eigenvalue weighted by Gasteiger charge is -2.12. The van der Waals surface area contributed by atoms with Crippen LogP contribution in [0, 0.1) is 0 Å². The Morgan fingerprint density at radius 2 is 1.96 bits per heavy atom. The van der Waals surface area contributed by atoms with Crippen molar-refractivity contribution in [2.75, 3.05) is 19.0 Å². The summed E-state index contributed by atoms with van der Waals surface area (Å²) in [4.78, 5) is 13.1. The lowest BCUT2D eigenvalue weighted by molar-refractivity contribution is -0.118. The Morgan fingerprint density at radius 3 is 2.79 bits per heavy atom. The second-order valence-corrected chi connectivity index (χ2v) is 6.79. The van der Waals surface area contributed by atoms with Crippen molar-refractivity contribution >= 4 is 29.3 Å². The lowest BCUT2D eigenvalue weighted by atomic mass is 10.2. The van der Waals surface area contributed by atoms with E-state index in [1.807, 2.05) is 36.4 Å². The summed E-state index contributed by atoms with van der Waals surface area (Å²) >= 11 is 7.76. The Bertz CT molecular complexity index is 709. The van der Waals surface area contributed by atoms with Crippen LogP contribution in [0.5, 0.6) is 11.5 Å². The topological polar surface area (TPSA) is 47.6 Å². The van der Waals surface area contributed by atoms with Gasteiger partial charge in [-0.05, 0) is 29.8 Å². The summed E-state index contributed by atoms with van der Waals surface area (Å²) < 4.78 is 11.3. The first-order chi connectivity index (χ1) is 11.7. The Labute approximate surface area is 150 Å². The maximum atomic E-state index is 12.0. The smallest absolute Gasteiger partial charge is 0.230 e. The van der Waals surface area contributed by atoms with Crippen molar-refractivity contribution in [1.82, 2.24) is 5.32 Å². The van der Waals surface area contributed by atoms with Crippen LogP contribution < -0.4 is 14.8 Å². The van der Waals surface area contributed by atoms with Crippen LogP contribution >= 0.6 is 23.4 Å². The number of thioether (sulfide) groups is 1. The molecular weight excluding hydrogens is 346 g/mol. The van der Waals surface area contributed by atoms with Gasteiger partial charge in [-0.2, -0.15) is 0 Å². The average Bonchev–Trinajstić information content (AvgIpc) is 2.85. The Balaban J connectivity index is 1.55. The molecule has 1 aliphatic heterocycles. The highest BCUT2D eigenvalue weighted by atomic mass is 35.5. The molecule has 0 saturated carbocycles. The quantitative estimate of drug-likeness (QED) is 0.818. The highest BCUT2D eigenvalue weighted by Gasteiger charge is 2.15. The predicted octanol–water partition coefficient (Wildman–Crippen LogP) is 3.91. The predicted molar refractivity (Wildman–Crippen MR) is 96.1 cm³/mol. The molecule has 6 heteroatoms. The van der Waals surface area contributed by atoms with Crippen LogP contribution in [0.15, 0.2) is 47.4 Å². The van der Waals surface area contributed by atoms with Gasteiger partial charge >= 0.3 is 0 Å². The number of carbonyl (C=O) groups excluding carboxylic acids is 1. The minimum atomic E-state index is -0.0212. The van der Waals surface area contributed by atoms with Gasteiger partial charge in [0.25, 0.3) is 0 Å². The van der Waals surface area contributed by atoms with Gasteiger partial charge in [-0.15, -0.1) is 11.8 Å². The molecule has 0 aliphatic carbocycles. The van der Waals surface area contributed by atoms with E-state index < -0.39 is 0 Å². The SMILES string of the molecule is O=C(CSc1ccccc1)NCc1cc(Cl)c2c(c1)OCCCO2. The number of amides is 1. The second kappa shape index (κ2) is 8.31. The molecule has 1 amide bonds. The number of fused-ring (bicyclic) bond motifs is 1. The van der Waals surface area contributed by atoms with Crippen LogP contribution in [0.3, 0.4) is 0 Å². The summed E-state index contributed by atoms with van der Waals surface area (Å²) in [6.45, 7) is 1.61. The van der Waals surface area contributed by atoms with Gasteiger partial charge in [0.05, 0.1) is 24.0 Å². The molecular formula is C18H18ClNO3S. The van der Waals surface area contributed by atoms with Gasteiger partial charge < -0.3 is 14.8 Å². The van der Waals surface area contributed by atoms with E-state index in [0.29, 0.717) is 42.0 Å². The molecule has 0 aromatic heterocycles. The highest BCUT2D eigenvalue weighted by Crippen LogP contribution is 2.37. The molecule has 2 aromatic rings. The third-order valence-corrected chi connectivity index (χ3v) is 4.76. The number of hydrogen-bond donors (Lipinski definition) is 1. The van der Waals surface area contributed by atoms with Gasteiger partial charge in [-0.1, -0.05) is 29.8 Å². The van der Waals surface area contributed by atoms with Crippen molar-refractivity contribution in [3.63, 3.8) is 0 Å². The zero-order valence-electron chi connectivity index (χ0n) is 13.1. The van der Waals surface area contributed by atoms with Crippen molar-refractivity contribution < 1.29 is 14.3 Å². The first-order valence-corrected chi connectivity index (χ1v) is 9.11. The molecule has 2 aromatic carbocycles. The number of carbonyl (C=O) groups is 1. The fraction of sp³-hybridized carbons (Fsp3) is 0.278. The largest absolute Gasteiger partial charge is 0.489 e. The minimum Gasteiger partial charge on any atom is -0.489 e. The summed E-state index contributed by atoms with van der Waals surface area (Å²) in [5.74, 6) is 1.58. The number of rotatable bonds is 5. The average molecular weight is 364 g/mol. The minimum absolute atomic E-state index is 0.0212.